The Kier molecular flexibility index (Phi) is 11.3. The quantitative estimate of drug-likeness (QED) is 0.0755. The number of nitrogens with zero attached hydrogens (tertiary/aromatic N) is 14. The predicted molar refractivity (Wildman–Crippen MR) is 241 cm³/mol. The molecular formula is C45H27N17O6. The van der Waals surface area contributed by atoms with Gasteiger partial charge < -0.3 is 30.6 Å². The molecule has 68 heavy (non-hydrogen) atoms. The molecule has 0 radical (unpaired) electrons. The van der Waals surface area contributed by atoms with E-state index in [4.69, 9.17) is 0 Å². The maximum Gasteiger partial charge on any atom is 0.339 e. The second kappa shape index (κ2) is 18.1. The third-order valence-electron chi connectivity index (χ3n) is 9.94. The number of aromatic hydroxyl groups is 2. The van der Waals surface area contributed by atoms with Crippen LogP contribution in [0.25, 0.3) is 44.5 Å². The molecule has 0 spiro atoms. The van der Waals surface area contributed by atoms with Crippen molar-refractivity contribution in [1.29, 1.82) is 10.5 Å². The number of rotatable bonds is 9. The number of nitrogens with one attached hydrogen (secondary N) is 3. The van der Waals surface area contributed by atoms with Gasteiger partial charge >= 0.3 is 11.7 Å². The molecule has 5 aromatic carbocycles. The minimum Gasteiger partial charge on any atom is -0.505 e. The molecule has 10 rings (SSSR count). The maximum atomic E-state index is 13.2. The maximum absolute atomic E-state index is 13.2. The fraction of sp³-hybridized carbons (Fsp3) is 0. The number of carboxylic acids is 1. The first-order valence-corrected chi connectivity index (χ1v) is 19.7. The zero-order chi connectivity index (χ0) is 47.3. The summed E-state index contributed by atoms with van der Waals surface area (Å²) in [6.07, 6.45) is 8.64. The summed E-state index contributed by atoms with van der Waals surface area (Å²) in [5.41, 5.74) is 0.999. The lowest BCUT2D eigenvalue weighted by atomic mass is 10.0. The molecule has 0 unspecified atom stereocenters. The number of anilines is 1. The van der Waals surface area contributed by atoms with Crippen LogP contribution >= 0.6 is 0 Å². The van der Waals surface area contributed by atoms with Crippen LogP contribution in [0.15, 0.2) is 153 Å². The molecule has 0 aliphatic carbocycles. The van der Waals surface area contributed by atoms with Crippen LogP contribution in [-0.2, 0) is 0 Å². The van der Waals surface area contributed by atoms with Gasteiger partial charge in [0.2, 0.25) is 0 Å². The van der Waals surface area contributed by atoms with E-state index in [1.807, 2.05) is 12.1 Å². The molecule has 5 heterocycles. The fourth-order valence-corrected chi connectivity index (χ4v) is 6.81. The van der Waals surface area contributed by atoms with E-state index in [0.29, 0.717) is 38.3 Å². The van der Waals surface area contributed by atoms with Crippen molar-refractivity contribution in [1.82, 2.24) is 49.5 Å². The fourth-order valence-electron chi connectivity index (χ4n) is 6.81. The highest BCUT2D eigenvalue weighted by atomic mass is 16.4. The normalized spacial score (nSPS) is 11.1. The number of imidazole rings is 1. The van der Waals surface area contributed by atoms with Crippen LogP contribution in [0.1, 0.15) is 31.8 Å². The first kappa shape index (κ1) is 42.5. The Morgan fingerprint density at radius 3 is 1.62 bits per heavy atom. The van der Waals surface area contributed by atoms with Gasteiger partial charge in [0.15, 0.2) is 23.1 Å². The second-order valence-electron chi connectivity index (χ2n) is 14.1. The van der Waals surface area contributed by atoms with Crippen LogP contribution in [0.5, 0.6) is 11.5 Å². The number of aromatic amines is 2. The molecule has 0 fully saturated rings. The lowest BCUT2D eigenvalue weighted by Crippen LogP contribution is -2.12. The first-order chi connectivity index (χ1) is 33.1. The summed E-state index contributed by atoms with van der Waals surface area (Å²) in [5.74, 6) is -2.39. The van der Waals surface area contributed by atoms with Crippen LogP contribution in [0, 0.1) is 22.7 Å². The first-order valence-electron chi connectivity index (χ1n) is 19.7. The second-order valence-corrected chi connectivity index (χ2v) is 14.1. The number of nitriles is 2. The average molecular weight is 902 g/mol. The van der Waals surface area contributed by atoms with Crippen molar-refractivity contribution in [3.8, 4) is 35.5 Å². The molecule has 0 bridgehead atoms. The minimum atomic E-state index is -1.30. The van der Waals surface area contributed by atoms with Crippen molar-refractivity contribution >= 4 is 73.2 Å². The van der Waals surface area contributed by atoms with E-state index in [1.54, 1.807) is 84.9 Å². The zero-order valence-corrected chi connectivity index (χ0v) is 34.5. The topological polar surface area (TPSA) is 340 Å². The summed E-state index contributed by atoms with van der Waals surface area (Å²) in [6, 6.07) is 28.9. The highest BCUT2D eigenvalue weighted by Gasteiger charge is 2.22. The molecule has 1 amide bonds. The molecule has 6 N–H and O–H groups in total. The van der Waals surface area contributed by atoms with Crippen LogP contribution < -0.4 is 11.0 Å². The number of aromatic nitrogens is 10. The number of phenols is 2. The Morgan fingerprint density at radius 1 is 0.618 bits per heavy atom. The molecule has 0 saturated carbocycles. The van der Waals surface area contributed by atoms with Crippen molar-refractivity contribution in [2.24, 2.45) is 20.5 Å². The molecule has 5 aromatic heterocycles. The van der Waals surface area contributed by atoms with Gasteiger partial charge in [-0.15, -0.1) is 20.5 Å². The SMILES string of the molecule is N#Cc1cnn(-c2ncccn2)c1N=Nc1c(O)c(C(=O)Nc2ccc3[nH]c(=O)[nH]c3c2)cc2ccccc12.N#Cc1cnn(-c2ncccn2)c1N=Nc1c(O)c(C(=O)O)cc2ccccc12. The molecular weight excluding hydrogens is 875 g/mol. The number of hydrogen-bond donors (Lipinski definition) is 6. The van der Waals surface area contributed by atoms with E-state index in [-0.39, 0.29) is 62.9 Å². The molecule has 0 atom stereocenters. The molecule has 0 aliphatic heterocycles. The van der Waals surface area contributed by atoms with Crippen LogP contribution in [0.2, 0.25) is 0 Å². The number of phenolic OH excluding ortho intramolecular Hbond substituents is 1. The van der Waals surface area contributed by atoms with Gasteiger partial charge in [-0.3, -0.25) is 4.79 Å². The van der Waals surface area contributed by atoms with E-state index in [1.165, 1.54) is 52.6 Å². The lowest BCUT2D eigenvalue weighted by molar-refractivity contribution is 0.0693. The number of amides is 1. The molecule has 0 saturated heterocycles. The van der Waals surface area contributed by atoms with Gasteiger partial charge in [0.05, 0.1) is 29.0 Å². The predicted octanol–water partition coefficient (Wildman–Crippen LogP) is 7.74. The molecule has 23 nitrogen and oxygen atoms in total. The molecule has 0 aliphatic rings. The van der Waals surface area contributed by atoms with E-state index < -0.39 is 23.4 Å². The number of aromatic carboxylic acids is 1. The zero-order valence-electron chi connectivity index (χ0n) is 34.5. The third kappa shape index (κ3) is 8.25. The van der Waals surface area contributed by atoms with E-state index in [2.05, 4.69) is 65.9 Å². The van der Waals surface area contributed by atoms with Crippen LogP contribution in [-0.4, -0.2) is 76.7 Å². The number of hydrogen-bond acceptors (Lipinski definition) is 17. The van der Waals surface area contributed by atoms with Crippen molar-refractivity contribution in [2.45, 2.75) is 0 Å². The van der Waals surface area contributed by atoms with Crippen molar-refractivity contribution in [2.75, 3.05) is 5.32 Å². The van der Waals surface area contributed by atoms with Gasteiger partial charge in [-0.1, -0.05) is 48.5 Å². The van der Waals surface area contributed by atoms with Crippen molar-refractivity contribution in [3.05, 3.63) is 161 Å². The summed E-state index contributed by atoms with van der Waals surface area (Å²) in [5, 5.41) is 79.6. The largest absolute Gasteiger partial charge is 0.505 e. The summed E-state index contributed by atoms with van der Waals surface area (Å²) in [6.45, 7) is 0. The summed E-state index contributed by atoms with van der Waals surface area (Å²) >= 11 is 0. The number of azo groups is 2. The Balaban J connectivity index is 0.000000178. The van der Waals surface area contributed by atoms with Gasteiger partial charge in [0.1, 0.15) is 40.2 Å². The Morgan fingerprint density at radius 2 is 1.10 bits per heavy atom. The third-order valence-corrected chi connectivity index (χ3v) is 9.94. The van der Waals surface area contributed by atoms with Crippen LogP contribution in [0.4, 0.5) is 28.7 Å². The number of fused-ring (bicyclic) bond motifs is 3. The van der Waals surface area contributed by atoms with Gasteiger partial charge in [-0.25, -0.2) is 29.5 Å². The standard InChI is InChI=1S/C26H16N10O3.C19H11N7O3/c27-12-15-13-30-36(25-28-8-3-9-29-25)23(15)35-34-21-17-5-2-1-4-14(17)10-18(22(21)37)24(38)31-16-6-7-19-20(11-16)33-26(39)32-19;20-9-12-10-23-26(19-21-6-3-7-22-19)17(12)25-24-15-13-5-2-1-4-11(13)8-14(16(15)27)18(28)29/h1-11,13,37H,(H,31,38)(H2,32,33,39);1-8,10,27H,(H,28,29). The Hall–Kier alpha value is -10.8. The van der Waals surface area contributed by atoms with E-state index >= 15 is 0 Å². The van der Waals surface area contributed by atoms with Gasteiger partial charge in [0.25, 0.3) is 17.8 Å². The smallest absolute Gasteiger partial charge is 0.339 e. The number of carboxylic acid groups (broad SMARTS) is 1. The van der Waals surface area contributed by atoms with Crippen molar-refractivity contribution < 1.29 is 24.9 Å². The Labute approximate surface area is 379 Å². The van der Waals surface area contributed by atoms with E-state index in [9.17, 15) is 40.2 Å². The number of benzene rings is 5. The summed E-state index contributed by atoms with van der Waals surface area (Å²) < 4.78 is 2.47. The molecule has 328 valence electrons. The number of H-pyrrole nitrogens is 2. The highest BCUT2D eigenvalue weighted by molar-refractivity contribution is 6.12. The van der Waals surface area contributed by atoms with Gasteiger partial charge in [-0.05, 0) is 53.2 Å². The highest BCUT2D eigenvalue weighted by Crippen LogP contribution is 2.41. The minimum absolute atomic E-state index is 0.0225. The lowest BCUT2D eigenvalue weighted by Gasteiger charge is -2.11. The average Bonchev–Trinajstić information content (AvgIpc) is 4.09. The Bertz CT molecular complexity index is 3810. The summed E-state index contributed by atoms with van der Waals surface area (Å²) in [4.78, 5) is 58.0. The van der Waals surface area contributed by atoms with E-state index in [0.717, 1.165) is 0 Å². The number of carbonyl (C=O) groups is 2. The van der Waals surface area contributed by atoms with Gasteiger partial charge in [-0.2, -0.15) is 30.1 Å². The molecule has 10 aromatic rings. The van der Waals surface area contributed by atoms with Crippen LogP contribution in [0.3, 0.4) is 0 Å². The number of carbonyl (C=O) groups excluding carboxylic acids is 1. The van der Waals surface area contributed by atoms with Crippen molar-refractivity contribution in [3.63, 3.8) is 0 Å². The summed E-state index contributed by atoms with van der Waals surface area (Å²) in [7, 11) is 0. The molecule has 23 heteroatoms. The van der Waals surface area contributed by atoms with Gasteiger partial charge in [0, 0.05) is 41.2 Å². The monoisotopic (exact) mass is 901 g/mol.